The van der Waals surface area contributed by atoms with Gasteiger partial charge in [-0.3, -0.25) is 0 Å². The van der Waals surface area contributed by atoms with E-state index in [4.69, 9.17) is 0 Å². The van der Waals surface area contributed by atoms with Crippen molar-refractivity contribution >= 4 is 30.7 Å². The van der Waals surface area contributed by atoms with Gasteiger partial charge in [0.05, 0.1) is 15.7 Å². The zero-order chi connectivity index (χ0) is 9.50. The average molecular weight is 210 g/mol. The highest BCUT2D eigenvalue weighted by atomic mass is 28.2. The molecule has 0 radical (unpaired) electrons. The van der Waals surface area contributed by atoms with E-state index in [-0.39, 0.29) is 0 Å². The molecule has 68 valence electrons. The molecule has 3 nitrogen and oxygen atoms in total. The Labute approximate surface area is 76.1 Å². The van der Waals surface area contributed by atoms with E-state index in [9.17, 15) is 15.3 Å². The fraction of sp³-hybridized carbons (Fsp3) is 1.00. The fourth-order valence-corrected chi connectivity index (χ4v) is 2.47. The van der Waals surface area contributed by atoms with Crippen LogP contribution < -0.4 is 0 Å². The summed E-state index contributed by atoms with van der Waals surface area (Å²) in [6.45, 7) is 3.16. The van der Waals surface area contributed by atoms with Crippen molar-refractivity contribution in [2.24, 2.45) is 0 Å². The van der Waals surface area contributed by atoms with E-state index in [1.165, 1.54) is 0 Å². The number of rotatable bonds is 2. The van der Waals surface area contributed by atoms with Gasteiger partial charge < -0.3 is 15.3 Å². The molecule has 0 saturated heterocycles. The average Bonchev–Trinajstić information content (AvgIpc) is 1.58. The molecule has 0 bridgehead atoms. The lowest BCUT2D eigenvalue weighted by molar-refractivity contribution is -0.117. The summed E-state index contributed by atoms with van der Waals surface area (Å²) in [4.78, 5) is 0. The molecule has 11 heavy (non-hydrogen) atoms. The Balaban J connectivity index is 4.75. The van der Waals surface area contributed by atoms with Gasteiger partial charge in [-0.1, -0.05) is 0 Å². The first kappa shape index (κ1) is 11.5. The second kappa shape index (κ2) is 2.79. The standard InChI is InChI=1S/C5H18O3Si3/c1-3(6,9)5(8,11)4(2,7)10/h6-8H,1-2,9-11H3. The van der Waals surface area contributed by atoms with Gasteiger partial charge >= 0.3 is 0 Å². The van der Waals surface area contributed by atoms with Crippen molar-refractivity contribution in [2.75, 3.05) is 0 Å². The molecule has 0 rings (SSSR count). The predicted molar refractivity (Wildman–Crippen MR) is 56.0 cm³/mol. The predicted octanol–water partition coefficient (Wildman–Crippen LogP) is -4.81. The summed E-state index contributed by atoms with van der Waals surface area (Å²) >= 11 is 0. The molecule has 0 aromatic rings. The summed E-state index contributed by atoms with van der Waals surface area (Å²) in [6, 6.07) is 0. The van der Waals surface area contributed by atoms with E-state index >= 15 is 0 Å². The smallest absolute Gasteiger partial charge is 0.0923 e. The van der Waals surface area contributed by atoms with Crippen molar-refractivity contribution < 1.29 is 15.3 Å². The molecule has 2 unspecified atom stereocenters. The number of hydrogen-bond acceptors (Lipinski definition) is 3. The third kappa shape index (κ3) is 2.23. The van der Waals surface area contributed by atoms with Crippen LogP contribution in [0.25, 0.3) is 0 Å². The van der Waals surface area contributed by atoms with Crippen molar-refractivity contribution in [1.82, 2.24) is 0 Å². The molecule has 0 fully saturated rings. The highest BCUT2D eigenvalue weighted by Gasteiger charge is 2.47. The van der Waals surface area contributed by atoms with E-state index in [0.29, 0.717) is 30.7 Å². The molecule has 0 saturated carbocycles. The topological polar surface area (TPSA) is 60.7 Å². The molecule has 0 aliphatic carbocycles. The van der Waals surface area contributed by atoms with Gasteiger partial charge in [-0.2, -0.15) is 0 Å². The van der Waals surface area contributed by atoms with Crippen molar-refractivity contribution in [3.63, 3.8) is 0 Å². The van der Waals surface area contributed by atoms with Gasteiger partial charge in [0, 0.05) is 30.7 Å². The highest BCUT2D eigenvalue weighted by molar-refractivity contribution is 6.30. The Morgan fingerprint density at radius 1 is 0.818 bits per heavy atom. The lowest BCUT2D eigenvalue weighted by Gasteiger charge is -2.44. The minimum Gasteiger partial charge on any atom is -0.392 e. The molecule has 0 heterocycles. The summed E-state index contributed by atoms with van der Waals surface area (Å²) in [6.07, 6.45) is 0. The van der Waals surface area contributed by atoms with Gasteiger partial charge in [0.1, 0.15) is 0 Å². The SMILES string of the molecule is CC(O)([SiH3])C(O)([SiH3])C(C)(O)[SiH3]. The normalized spacial score (nSPS) is 29.2. The maximum atomic E-state index is 9.82. The first-order valence-corrected chi connectivity index (χ1v) is 6.67. The lowest BCUT2D eigenvalue weighted by atomic mass is 10.1. The third-order valence-corrected chi connectivity index (χ3v) is 8.78. The molecule has 3 N–H and O–H groups in total. The zero-order valence-electron chi connectivity index (χ0n) is 7.84. The van der Waals surface area contributed by atoms with Crippen molar-refractivity contribution in [1.29, 1.82) is 0 Å². The first-order chi connectivity index (χ1) is 4.50. The Hall–Kier alpha value is 0.531. The van der Waals surface area contributed by atoms with Crippen LogP contribution in [0.5, 0.6) is 0 Å². The van der Waals surface area contributed by atoms with Gasteiger partial charge in [-0.15, -0.1) is 0 Å². The largest absolute Gasteiger partial charge is 0.392 e. The molecule has 0 aliphatic heterocycles. The second-order valence-corrected chi connectivity index (χ2v) is 9.53. The Morgan fingerprint density at radius 2 is 1.00 bits per heavy atom. The van der Waals surface area contributed by atoms with Gasteiger partial charge in [-0.25, -0.2) is 0 Å². The van der Waals surface area contributed by atoms with E-state index in [0.717, 1.165) is 0 Å². The van der Waals surface area contributed by atoms with Crippen LogP contribution >= 0.6 is 0 Å². The maximum Gasteiger partial charge on any atom is 0.0923 e. The number of aliphatic hydroxyl groups is 3. The van der Waals surface area contributed by atoms with Crippen LogP contribution in [0.4, 0.5) is 0 Å². The molecule has 0 aromatic carbocycles. The van der Waals surface area contributed by atoms with Crippen LogP contribution in [0.1, 0.15) is 13.8 Å². The quantitative estimate of drug-likeness (QED) is 0.401. The van der Waals surface area contributed by atoms with Crippen LogP contribution in [0.2, 0.25) is 0 Å². The zero-order valence-corrected chi connectivity index (χ0v) is 13.8. The molecule has 0 spiro atoms. The van der Waals surface area contributed by atoms with Gasteiger partial charge in [-0.05, 0) is 13.8 Å². The van der Waals surface area contributed by atoms with E-state index < -0.39 is 15.7 Å². The van der Waals surface area contributed by atoms with Crippen molar-refractivity contribution in [3.8, 4) is 0 Å². The summed E-state index contributed by atoms with van der Waals surface area (Å²) in [5.74, 6) is 0. The molecule has 0 amide bonds. The molecule has 2 atom stereocenters. The molecular weight excluding hydrogens is 192 g/mol. The summed E-state index contributed by atoms with van der Waals surface area (Å²) in [5, 5.41) is 25.6. The summed E-state index contributed by atoms with van der Waals surface area (Å²) in [7, 11) is 1.33. The summed E-state index contributed by atoms with van der Waals surface area (Å²) < 4.78 is 0. The van der Waals surface area contributed by atoms with E-state index in [2.05, 4.69) is 0 Å². The summed E-state index contributed by atoms with van der Waals surface area (Å²) in [5.41, 5.74) is 0. The second-order valence-electron chi connectivity index (χ2n) is 4.19. The van der Waals surface area contributed by atoms with E-state index in [1.54, 1.807) is 13.8 Å². The molecule has 0 aliphatic rings. The Bertz CT molecular complexity index is 128. The van der Waals surface area contributed by atoms with Crippen molar-refractivity contribution in [2.45, 2.75) is 29.5 Å². The highest BCUT2D eigenvalue weighted by Crippen LogP contribution is 2.25. The Morgan fingerprint density at radius 3 is 1.00 bits per heavy atom. The minimum atomic E-state index is -1.25. The van der Waals surface area contributed by atoms with Gasteiger partial charge in [0.15, 0.2) is 0 Å². The van der Waals surface area contributed by atoms with Crippen molar-refractivity contribution in [3.05, 3.63) is 0 Å². The number of hydrogen-bond donors (Lipinski definition) is 3. The first-order valence-electron chi connectivity index (χ1n) is 3.67. The van der Waals surface area contributed by atoms with Crippen LogP contribution in [-0.2, 0) is 0 Å². The molecule has 0 aromatic heterocycles. The Kier molecular flexibility index (Phi) is 2.92. The van der Waals surface area contributed by atoms with E-state index in [1.807, 2.05) is 0 Å². The molecule has 6 heteroatoms. The maximum absolute atomic E-state index is 9.82. The third-order valence-electron chi connectivity index (χ3n) is 2.38. The monoisotopic (exact) mass is 210 g/mol. The van der Waals surface area contributed by atoms with Crippen LogP contribution in [0, 0.1) is 0 Å². The van der Waals surface area contributed by atoms with Gasteiger partial charge in [0.25, 0.3) is 0 Å². The van der Waals surface area contributed by atoms with Crippen LogP contribution in [-0.4, -0.2) is 61.7 Å². The lowest BCUT2D eigenvalue weighted by Crippen LogP contribution is -2.66. The van der Waals surface area contributed by atoms with Crippen LogP contribution in [0.15, 0.2) is 0 Å². The fourth-order valence-electron chi connectivity index (χ4n) is 0.749. The minimum absolute atomic E-state index is 0.391. The molecular formula is C5H18O3Si3. The van der Waals surface area contributed by atoms with Crippen LogP contribution in [0.3, 0.4) is 0 Å². The van der Waals surface area contributed by atoms with Gasteiger partial charge in [0.2, 0.25) is 0 Å².